The fraction of sp³-hybridized carbons (Fsp3) is 0.733. The van der Waals surface area contributed by atoms with E-state index in [0.29, 0.717) is 17.0 Å². The van der Waals surface area contributed by atoms with Crippen LogP contribution in [0.25, 0.3) is 0 Å². The Kier molecular flexibility index (Phi) is 4.80. The highest BCUT2D eigenvalue weighted by Gasteiger charge is 2.30. The molecule has 1 atom stereocenters. The number of rotatable bonds is 4. The molecule has 0 amide bonds. The van der Waals surface area contributed by atoms with Crippen molar-refractivity contribution in [2.45, 2.75) is 38.6 Å². The molecule has 2 aliphatic rings. The maximum atomic E-state index is 6.35. The van der Waals surface area contributed by atoms with Gasteiger partial charge in [-0.05, 0) is 32.2 Å². The maximum Gasteiger partial charge on any atom is 0.224 e. The summed E-state index contributed by atoms with van der Waals surface area (Å²) >= 11 is 6.35. The average Bonchev–Trinajstić information content (AvgIpc) is 2.84. The predicted molar refractivity (Wildman–Crippen MR) is 87.2 cm³/mol. The molecule has 0 saturated carbocycles. The molecule has 1 aromatic rings. The molecule has 6 heteroatoms. The van der Waals surface area contributed by atoms with E-state index >= 15 is 0 Å². The molecule has 3 rings (SSSR count). The molecule has 2 saturated heterocycles. The number of anilines is 2. The zero-order valence-corrected chi connectivity index (χ0v) is 13.4. The monoisotopic (exact) mass is 309 g/mol. The SMILES string of the molecule is CCCNc1ncc(Cl)c(N2CCCN3CCCC3C2)n1. The Bertz CT molecular complexity index is 481. The minimum absolute atomic E-state index is 0.656. The molecule has 0 radical (unpaired) electrons. The van der Waals surface area contributed by atoms with Crippen molar-refractivity contribution in [2.24, 2.45) is 0 Å². The van der Waals surface area contributed by atoms with Crippen molar-refractivity contribution < 1.29 is 0 Å². The molecule has 0 bridgehead atoms. The van der Waals surface area contributed by atoms with Gasteiger partial charge in [0.1, 0.15) is 5.02 Å². The summed E-state index contributed by atoms with van der Waals surface area (Å²) in [6.07, 6.45) is 6.56. The zero-order valence-electron chi connectivity index (χ0n) is 12.7. The van der Waals surface area contributed by atoms with Crippen LogP contribution in [0.5, 0.6) is 0 Å². The molecule has 1 aromatic heterocycles. The lowest BCUT2D eigenvalue weighted by Gasteiger charge is -2.27. The number of hydrogen-bond donors (Lipinski definition) is 1. The van der Waals surface area contributed by atoms with E-state index in [1.165, 1.54) is 32.4 Å². The first-order chi connectivity index (χ1) is 10.3. The largest absolute Gasteiger partial charge is 0.354 e. The van der Waals surface area contributed by atoms with E-state index < -0.39 is 0 Å². The first-order valence-electron chi connectivity index (χ1n) is 8.03. The number of fused-ring (bicyclic) bond motifs is 1. The summed E-state index contributed by atoms with van der Waals surface area (Å²) in [7, 11) is 0. The van der Waals surface area contributed by atoms with E-state index in [1.54, 1.807) is 6.20 Å². The standard InChI is InChI=1S/C15H24ClN5/c1-2-6-17-15-18-10-13(16)14(19-15)21-9-4-8-20-7-3-5-12(20)11-21/h10,12H,2-9,11H2,1H3,(H,17,18,19). The lowest BCUT2D eigenvalue weighted by molar-refractivity contribution is 0.273. The Hall–Kier alpha value is -1.07. The van der Waals surface area contributed by atoms with Crippen LogP contribution < -0.4 is 10.2 Å². The van der Waals surface area contributed by atoms with Crippen LogP contribution in [0.3, 0.4) is 0 Å². The van der Waals surface area contributed by atoms with E-state index in [1.807, 2.05) is 0 Å². The predicted octanol–water partition coefficient (Wildman–Crippen LogP) is 2.63. The van der Waals surface area contributed by atoms with Crippen LogP contribution in [-0.4, -0.2) is 53.6 Å². The van der Waals surface area contributed by atoms with E-state index in [4.69, 9.17) is 11.6 Å². The summed E-state index contributed by atoms with van der Waals surface area (Å²) in [5.74, 6) is 1.57. The first-order valence-corrected chi connectivity index (χ1v) is 8.41. The van der Waals surface area contributed by atoms with Gasteiger partial charge in [0.15, 0.2) is 5.82 Å². The number of nitrogens with zero attached hydrogens (tertiary/aromatic N) is 4. The third kappa shape index (κ3) is 3.40. The molecule has 3 heterocycles. The van der Waals surface area contributed by atoms with Crippen LogP contribution in [-0.2, 0) is 0 Å². The van der Waals surface area contributed by atoms with E-state index in [2.05, 4.69) is 32.0 Å². The summed E-state index contributed by atoms with van der Waals surface area (Å²) in [6.45, 7) is 7.52. The Balaban J connectivity index is 1.77. The van der Waals surface area contributed by atoms with Gasteiger partial charge in [-0.15, -0.1) is 0 Å². The second kappa shape index (κ2) is 6.79. The molecular formula is C15H24ClN5. The second-order valence-corrected chi connectivity index (χ2v) is 6.33. The van der Waals surface area contributed by atoms with Crippen LogP contribution in [0.15, 0.2) is 6.20 Å². The summed E-state index contributed by atoms with van der Waals surface area (Å²) in [4.78, 5) is 13.9. The molecule has 1 unspecified atom stereocenters. The van der Waals surface area contributed by atoms with Crippen LogP contribution in [0.2, 0.25) is 5.02 Å². The minimum Gasteiger partial charge on any atom is -0.354 e. The van der Waals surface area contributed by atoms with Gasteiger partial charge in [-0.25, -0.2) is 4.98 Å². The quantitative estimate of drug-likeness (QED) is 0.926. The van der Waals surface area contributed by atoms with Crippen LogP contribution in [0, 0.1) is 0 Å². The number of halogens is 1. The smallest absolute Gasteiger partial charge is 0.224 e. The van der Waals surface area contributed by atoms with Gasteiger partial charge < -0.3 is 10.2 Å². The highest BCUT2D eigenvalue weighted by atomic mass is 35.5. The molecule has 0 aromatic carbocycles. The van der Waals surface area contributed by atoms with Gasteiger partial charge in [0.2, 0.25) is 5.95 Å². The highest BCUT2D eigenvalue weighted by Crippen LogP contribution is 2.28. The van der Waals surface area contributed by atoms with Crippen molar-refractivity contribution in [3.05, 3.63) is 11.2 Å². The molecule has 2 fully saturated rings. The third-order valence-electron chi connectivity index (χ3n) is 4.36. The summed E-state index contributed by atoms with van der Waals surface area (Å²) in [5, 5.41) is 3.90. The van der Waals surface area contributed by atoms with Gasteiger partial charge in [0.25, 0.3) is 0 Å². The molecule has 116 valence electrons. The molecule has 0 aliphatic carbocycles. The van der Waals surface area contributed by atoms with Gasteiger partial charge in [-0.2, -0.15) is 4.98 Å². The van der Waals surface area contributed by atoms with Crippen molar-refractivity contribution in [3.63, 3.8) is 0 Å². The highest BCUT2D eigenvalue weighted by molar-refractivity contribution is 6.32. The van der Waals surface area contributed by atoms with Crippen molar-refractivity contribution in [1.29, 1.82) is 0 Å². The fourth-order valence-corrected chi connectivity index (χ4v) is 3.51. The van der Waals surface area contributed by atoms with Crippen LogP contribution in [0.4, 0.5) is 11.8 Å². The second-order valence-electron chi connectivity index (χ2n) is 5.92. The van der Waals surface area contributed by atoms with Crippen molar-refractivity contribution in [1.82, 2.24) is 14.9 Å². The van der Waals surface area contributed by atoms with E-state index in [9.17, 15) is 0 Å². The summed E-state index contributed by atoms with van der Waals surface area (Å²) < 4.78 is 0. The minimum atomic E-state index is 0.656. The summed E-state index contributed by atoms with van der Waals surface area (Å²) in [6, 6.07) is 0.658. The molecule has 2 aliphatic heterocycles. The Morgan fingerprint density at radius 3 is 3.05 bits per heavy atom. The zero-order chi connectivity index (χ0) is 14.7. The molecule has 21 heavy (non-hydrogen) atoms. The van der Waals surface area contributed by atoms with Crippen LogP contribution in [0.1, 0.15) is 32.6 Å². The average molecular weight is 310 g/mol. The molecule has 0 spiro atoms. The number of hydrogen-bond acceptors (Lipinski definition) is 5. The molecule has 5 nitrogen and oxygen atoms in total. The van der Waals surface area contributed by atoms with Gasteiger partial charge in [0.05, 0.1) is 6.20 Å². The van der Waals surface area contributed by atoms with Gasteiger partial charge >= 0.3 is 0 Å². The molecular weight excluding hydrogens is 286 g/mol. The Morgan fingerprint density at radius 1 is 1.33 bits per heavy atom. The normalized spacial score (nSPS) is 23.0. The fourth-order valence-electron chi connectivity index (χ4n) is 3.30. The van der Waals surface area contributed by atoms with Crippen molar-refractivity contribution in [2.75, 3.05) is 42.9 Å². The maximum absolute atomic E-state index is 6.35. The van der Waals surface area contributed by atoms with E-state index in [0.717, 1.165) is 31.9 Å². The summed E-state index contributed by atoms with van der Waals surface area (Å²) in [5.41, 5.74) is 0. The topological polar surface area (TPSA) is 44.3 Å². The van der Waals surface area contributed by atoms with Gasteiger partial charge in [-0.1, -0.05) is 18.5 Å². The lowest BCUT2D eigenvalue weighted by atomic mass is 10.2. The van der Waals surface area contributed by atoms with E-state index in [-0.39, 0.29) is 0 Å². The van der Waals surface area contributed by atoms with Gasteiger partial charge in [0, 0.05) is 32.2 Å². The third-order valence-corrected chi connectivity index (χ3v) is 4.63. The molecule has 1 N–H and O–H groups in total. The van der Waals surface area contributed by atoms with Crippen molar-refractivity contribution >= 4 is 23.4 Å². The first kappa shape index (κ1) is 14.9. The van der Waals surface area contributed by atoms with Crippen molar-refractivity contribution in [3.8, 4) is 0 Å². The number of aromatic nitrogens is 2. The lowest BCUT2D eigenvalue weighted by Crippen LogP contribution is -2.37. The van der Waals surface area contributed by atoms with Gasteiger partial charge in [-0.3, -0.25) is 4.90 Å². The Labute approximate surface area is 131 Å². The van der Waals surface area contributed by atoms with Crippen LogP contribution >= 0.6 is 11.6 Å². The number of nitrogens with one attached hydrogen (secondary N) is 1. The Morgan fingerprint density at radius 2 is 2.19 bits per heavy atom.